The molecule has 3 N–H and O–H groups in total. The summed E-state index contributed by atoms with van der Waals surface area (Å²) in [6.45, 7) is 8.45. The number of halogens is 2. The van der Waals surface area contributed by atoms with Gasteiger partial charge in [-0.3, -0.25) is 5.26 Å². The summed E-state index contributed by atoms with van der Waals surface area (Å²) in [5.41, 5.74) is -0.294. The molecular weight excluding hydrogens is 464 g/mol. The average Bonchev–Trinajstić information content (AvgIpc) is 2.58. The largest absolute Gasteiger partial charge is 0.390 e. The molecule has 3 rings (SSSR count). The number of rotatable bonds is 3. The van der Waals surface area contributed by atoms with Crippen LogP contribution in [-0.4, -0.2) is 43.4 Å². The molecule has 0 spiro atoms. The fourth-order valence-corrected chi connectivity index (χ4v) is 8.14. The summed E-state index contributed by atoms with van der Waals surface area (Å²) in [7, 11) is 0. The van der Waals surface area contributed by atoms with Crippen LogP contribution in [0, 0.1) is 28.6 Å². The lowest BCUT2D eigenvalue weighted by Crippen LogP contribution is -2.66. The lowest BCUT2D eigenvalue weighted by molar-refractivity contribution is -0.275. The lowest BCUT2D eigenvalue weighted by Gasteiger charge is -2.64. The Bertz CT molecular complexity index is 578. The summed E-state index contributed by atoms with van der Waals surface area (Å²) < 4.78 is 0. The van der Waals surface area contributed by atoms with Gasteiger partial charge in [0.15, 0.2) is 0 Å². The van der Waals surface area contributed by atoms with Crippen LogP contribution in [0.2, 0.25) is 0 Å². The van der Waals surface area contributed by atoms with Crippen molar-refractivity contribution in [2.75, 3.05) is 5.33 Å². The van der Waals surface area contributed by atoms with Crippen molar-refractivity contribution in [2.45, 2.75) is 76.0 Å². The maximum atomic E-state index is 11.4. The van der Waals surface area contributed by atoms with Crippen LogP contribution >= 0.6 is 31.9 Å². The van der Waals surface area contributed by atoms with E-state index < -0.39 is 11.7 Å². The molecule has 4 nitrogen and oxygen atoms in total. The standard InChI is InChI=1S/C20H32Br2O4/c1-11(2)13-7-12(26-25)8-14-17-18(3,5-6-20(13,14)10-21)15(22)9-16(23)19(17,4)24/h8,11-13,15-17,23-25H,5-7,9-10H2,1-4H3/t12-,13-,15-,16+,17-,18+,19+,20-/m0/s1. The fraction of sp³-hybridized carbons (Fsp3) is 0.900. The number of alkyl halides is 2. The Morgan fingerprint density at radius 3 is 2.46 bits per heavy atom. The van der Waals surface area contributed by atoms with Gasteiger partial charge in [0.25, 0.3) is 0 Å². The normalized spacial score (nSPS) is 51.6. The van der Waals surface area contributed by atoms with E-state index in [-0.39, 0.29) is 27.7 Å². The van der Waals surface area contributed by atoms with Crippen LogP contribution in [0.3, 0.4) is 0 Å². The first-order chi connectivity index (χ1) is 12.0. The van der Waals surface area contributed by atoms with Crippen molar-refractivity contribution < 1.29 is 20.4 Å². The predicted molar refractivity (Wildman–Crippen MR) is 110 cm³/mol. The predicted octanol–water partition coefficient (Wildman–Crippen LogP) is 4.52. The number of fused-ring (bicyclic) bond motifs is 3. The second-order valence-corrected chi connectivity index (χ2v) is 11.2. The molecule has 0 unspecified atom stereocenters. The van der Waals surface area contributed by atoms with Crippen LogP contribution in [0.25, 0.3) is 0 Å². The van der Waals surface area contributed by atoms with E-state index in [0.29, 0.717) is 18.3 Å². The molecule has 3 aliphatic rings. The maximum absolute atomic E-state index is 11.4. The Morgan fingerprint density at radius 2 is 1.92 bits per heavy atom. The van der Waals surface area contributed by atoms with Gasteiger partial charge in [-0.2, -0.15) is 0 Å². The molecule has 3 aliphatic carbocycles. The molecule has 0 aliphatic heterocycles. The smallest absolute Gasteiger partial charge is 0.111 e. The van der Waals surface area contributed by atoms with E-state index in [0.717, 1.165) is 30.2 Å². The van der Waals surface area contributed by atoms with Gasteiger partial charge in [0, 0.05) is 21.5 Å². The van der Waals surface area contributed by atoms with E-state index in [1.165, 1.54) is 0 Å². The van der Waals surface area contributed by atoms with Crippen molar-refractivity contribution in [2.24, 2.45) is 28.6 Å². The van der Waals surface area contributed by atoms with Crippen LogP contribution in [0.5, 0.6) is 0 Å². The van der Waals surface area contributed by atoms with Crippen molar-refractivity contribution in [1.29, 1.82) is 0 Å². The molecular formula is C20H32Br2O4. The van der Waals surface area contributed by atoms with Gasteiger partial charge < -0.3 is 10.2 Å². The van der Waals surface area contributed by atoms with Gasteiger partial charge in [0.1, 0.15) is 6.10 Å². The highest BCUT2D eigenvalue weighted by Crippen LogP contribution is 2.66. The van der Waals surface area contributed by atoms with E-state index in [9.17, 15) is 15.5 Å². The third kappa shape index (κ3) is 2.89. The van der Waals surface area contributed by atoms with Gasteiger partial charge in [-0.05, 0) is 49.9 Å². The molecule has 150 valence electrons. The van der Waals surface area contributed by atoms with Crippen molar-refractivity contribution in [1.82, 2.24) is 0 Å². The summed E-state index contributed by atoms with van der Waals surface area (Å²) in [5, 5.41) is 32.4. The molecule has 0 aromatic rings. The Hall–Kier alpha value is 0.540. The molecule has 0 aromatic heterocycles. The SMILES string of the molecule is CC(C)[C@@H]1C[C@H](OO)C=C2[C@@H]3[C@](C)(O)[C@H](O)C[C@H](Br)[C@@]3(C)CC[C@@]21CBr. The number of hydrogen-bond donors (Lipinski definition) is 3. The number of aliphatic hydroxyl groups is 2. The van der Waals surface area contributed by atoms with Crippen molar-refractivity contribution in [3.63, 3.8) is 0 Å². The molecule has 0 bridgehead atoms. The van der Waals surface area contributed by atoms with E-state index in [1.54, 1.807) is 6.92 Å². The van der Waals surface area contributed by atoms with E-state index >= 15 is 0 Å². The highest BCUT2D eigenvalue weighted by Gasteiger charge is 2.65. The Morgan fingerprint density at radius 1 is 1.27 bits per heavy atom. The lowest BCUT2D eigenvalue weighted by atomic mass is 9.43. The van der Waals surface area contributed by atoms with Crippen LogP contribution in [-0.2, 0) is 4.89 Å². The van der Waals surface area contributed by atoms with E-state index in [1.807, 2.05) is 6.08 Å². The molecule has 6 heteroatoms. The third-order valence-corrected chi connectivity index (χ3v) is 10.2. The zero-order chi connectivity index (χ0) is 19.5. The molecule has 26 heavy (non-hydrogen) atoms. The monoisotopic (exact) mass is 494 g/mol. The van der Waals surface area contributed by atoms with Crippen molar-refractivity contribution in [3.8, 4) is 0 Å². The average molecular weight is 496 g/mol. The first-order valence-corrected chi connectivity index (χ1v) is 11.7. The minimum absolute atomic E-state index is 0.0822. The van der Waals surface area contributed by atoms with Gasteiger partial charge in [0.2, 0.25) is 0 Å². The highest BCUT2D eigenvalue weighted by atomic mass is 79.9. The molecule has 0 heterocycles. The summed E-state index contributed by atoms with van der Waals surface area (Å²) in [6.07, 6.45) is 4.23. The minimum atomic E-state index is -1.21. The third-order valence-electron chi connectivity index (χ3n) is 7.80. The molecule has 0 aromatic carbocycles. The highest BCUT2D eigenvalue weighted by molar-refractivity contribution is 9.09. The number of aliphatic hydroxyl groups excluding tert-OH is 1. The number of hydrogen-bond acceptors (Lipinski definition) is 4. The minimum Gasteiger partial charge on any atom is -0.390 e. The molecule has 2 saturated carbocycles. The van der Waals surface area contributed by atoms with E-state index in [4.69, 9.17) is 4.89 Å². The molecule has 2 fully saturated rings. The summed E-state index contributed by atoms with van der Waals surface area (Å²) in [5.74, 6) is 0.581. The zero-order valence-corrected chi connectivity index (χ0v) is 19.3. The summed E-state index contributed by atoms with van der Waals surface area (Å²) >= 11 is 7.62. The second kappa shape index (κ2) is 7.10. The van der Waals surface area contributed by atoms with Gasteiger partial charge in [-0.1, -0.05) is 64.3 Å². The van der Waals surface area contributed by atoms with Crippen LogP contribution < -0.4 is 0 Å². The first kappa shape index (κ1) is 21.3. The van der Waals surface area contributed by atoms with Gasteiger partial charge in [-0.15, -0.1) is 0 Å². The first-order valence-electron chi connectivity index (χ1n) is 9.67. The molecule has 0 radical (unpaired) electrons. The van der Waals surface area contributed by atoms with Gasteiger partial charge in [-0.25, -0.2) is 4.89 Å². The van der Waals surface area contributed by atoms with Crippen molar-refractivity contribution >= 4 is 31.9 Å². The van der Waals surface area contributed by atoms with Crippen LogP contribution in [0.4, 0.5) is 0 Å². The van der Waals surface area contributed by atoms with Gasteiger partial charge >= 0.3 is 0 Å². The second-order valence-electron chi connectivity index (χ2n) is 9.53. The van der Waals surface area contributed by atoms with Crippen LogP contribution in [0.1, 0.15) is 53.4 Å². The van der Waals surface area contributed by atoms with Gasteiger partial charge in [0.05, 0.1) is 11.7 Å². The Balaban J connectivity index is 2.20. The molecule has 0 saturated heterocycles. The van der Waals surface area contributed by atoms with Crippen molar-refractivity contribution in [3.05, 3.63) is 11.6 Å². The zero-order valence-electron chi connectivity index (χ0n) is 16.1. The Labute approximate surface area is 173 Å². The topological polar surface area (TPSA) is 69.9 Å². The van der Waals surface area contributed by atoms with Crippen LogP contribution in [0.15, 0.2) is 11.6 Å². The van der Waals surface area contributed by atoms with E-state index in [2.05, 4.69) is 52.6 Å². The molecule has 0 amide bonds. The quantitative estimate of drug-likeness (QED) is 0.233. The summed E-state index contributed by atoms with van der Waals surface area (Å²) in [4.78, 5) is 4.93. The summed E-state index contributed by atoms with van der Waals surface area (Å²) in [6, 6.07) is 0. The fourth-order valence-electron chi connectivity index (χ4n) is 6.27. The Kier molecular flexibility index (Phi) is 5.80. The maximum Gasteiger partial charge on any atom is 0.111 e. The molecule has 8 atom stereocenters.